The van der Waals surface area contributed by atoms with Crippen molar-refractivity contribution in [1.82, 2.24) is 9.97 Å². The molecular weight excluding hydrogens is 230 g/mol. The summed E-state index contributed by atoms with van der Waals surface area (Å²) < 4.78 is 5.08. The van der Waals surface area contributed by atoms with Crippen LogP contribution in [-0.2, 0) is 0 Å². The molecule has 0 saturated heterocycles. The summed E-state index contributed by atoms with van der Waals surface area (Å²) >= 11 is 0. The first kappa shape index (κ1) is 14.0. The second-order valence-corrected chi connectivity index (χ2v) is 4.37. The van der Waals surface area contributed by atoms with Gasteiger partial charge in [-0.1, -0.05) is 13.8 Å². The van der Waals surface area contributed by atoms with Crippen molar-refractivity contribution in [3.8, 4) is 11.9 Å². The molecule has 0 spiro atoms. The number of hydrogen-bond donors (Lipinski definition) is 1. The first-order chi connectivity index (χ1) is 8.60. The summed E-state index contributed by atoms with van der Waals surface area (Å²) in [5.41, 5.74) is 6.38. The molecule has 0 aliphatic carbocycles. The Morgan fingerprint density at radius 2 is 2.22 bits per heavy atom. The van der Waals surface area contributed by atoms with Gasteiger partial charge < -0.3 is 15.4 Å². The molecule has 98 valence electrons. The molecule has 18 heavy (non-hydrogen) atoms. The van der Waals surface area contributed by atoms with E-state index in [0.717, 1.165) is 6.54 Å². The van der Waals surface area contributed by atoms with Crippen molar-refractivity contribution in [3.05, 3.63) is 6.33 Å². The number of nitriles is 1. The fraction of sp³-hybridized carbons (Fsp3) is 0.583. The Labute approximate surface area is 107 Å². The number of hydrogen-bond acceptors (Lipinski definition) is 6. The molecule has 0 bridgehead atoms. The highest BCUT2D eigenvalue weighted by molar-refractivity contribution is 5.67. The number of anilines is 2. The third-order valence-corrected chi connectivity index (χ3v) is 2.40. The Balaban J connectivity index is 3.00. The second-order valence-electron chi connectivity index (χ2n) is 4.37. The molecule has 6 nitrogen and oxygen atoms in total. The Hall–Kier alpha value is -2.03. The highest BCUT2D eigenvalue weighted by Gasteiger charge is 2.16. The van der Waals surface area contributed by atoms with E-state index in [1.807, 2.05) is 4.90 Å². The van der Waals surface area contributed by atoms with Crippen molar-refractivity contribution >= 4 is 11.5 Å². The normalized spacial score (nSPS) is 10.2. The molecule has 0 fully saturated rings. The molecule has 0 saturated carbocycles. The van der Waals surface area contributed by atoms with E-state index < -0.39 is 0 Å². The van der Waals surface area contributed by atoms with Gasteiger partial charge >= 0.3 is 0 Å². The third-order valence-electron chi connectivity index (χ3n) is 2.40. The van der Waals surface area contributed by atoms with Gasteiger partial charge in [-0.3, -0.25) is 0 Å². The number of methoxy groups -OCH3 is 1. The first-order valence-corrected chi connectivity index (χ1v) is 5.86. The fourth-order valence-electron chi connectivity index (χ4n) is 1.69. The van der Waals surface area contributed by atoms with E-state index in [-0.39, 0.29) is 0 Å². The average Bonchev–Trinajstić information content (AvgIpc) is 2.34. The summed E-state index contributed by atoms with van der Waals surface area (Å²) in [4.78, 5) is 10.1. The predicted molar refractivity (Wildman–Crippen MR) is 70.3 cm³/mol. The monoisotopic (exact) mass is 249 g/mol. The summed E-state index contributed by atoms with van der Waals surface area (Å²) in [5.74, 6) is 1.44. The van der Waals surface area contributed by atoms with Crippen molar-refractivity contribution in [1.29, 1.82) is 5.26 Å². The number of nitrogens with two attached hydrogens (primary N) is 1. The van der Waals surface area contributed by atoms with Crippen LogP contribution >= 0.6 is 0 Å². The zero-order chi connectivity index (χ0) is 13.5. The maximum Gasteiger partial charge on any atom is 0.242 e. The summed E-state index contributed by atoms with van der Waals surface area (Å²) in [7, 11) is 1.52. The van der Waals surface area contributed by atoms with Gasteiger partial charge in [0.05, 0.1) is 19.6 Å². The molecule has 0 aliphatic rings. The largest absolute Gasteiger partial charge is 0.479 e. The predicted octanol–water partition coefficient (Wildman–Crippen LogP) is 1.44. The SMILES string of the molecule is COc1ncnc(N(CCC#N)CC(C)C)c1N. The van der Waals surface area contributed by atoms with Crippen LogP contribution in [0.15, 0.2) is 6.33 Å². The van der Waals surface area contributed by atoms with Crippen LogP contribution in [0.3, 0.4) is 0 Å². The second kappa shape index (κ2) is 6.64. The Morgan fingerprint density at radius 1 is 1.50 bits per heavy atom. The van der Waals surface area contributed by atoms with E-state index in [2.05, 4.69) is 29.9 Å². The maximum absolute atomic E-state index is 8.70. The number of rotatable bonds is 6. The van der Waals surface area contributed by atoms with Crippen LogP contribution in [0.2, 0.25) is 0 Å². The van der Waals surface area contributed by atoms with E-state index >= 15 is 0 Å². The van der Waals surface area contributed by atoms with E-state index in [4.69, 9.17) is 15.7 Å². The molecule has 0 aromatic carbocycles. The lowest BCUT2D eigenvalue weighted by Gasteiger charge is -2.25. The van der Waals surface area contributed by atoms with E-state index in [0.29, 0.717) is 36.3 Å². The van der Waals surface area contributed by atoms with Gasteiger partial charge in [-0.15, -0.1) is 0 Å². The van der Waals surface area contributed by atoms with Gasteiger partial charge in [0.2, 0.25) is 5.88 Å². The highest BCUT2D eigenvalue weighted by atomic mass is 16.5. The van der Waals surface area contributed by atoms with Crippen LogP contribution in [0.4, 0.5) is 11.5 Å². The van der Waals surface area contributed by atoms with Gasteiger partial charge in [0.25, 0.3) is 0 Å². The number of aromatic nitrogens is 2. The lowest BCUT2D eigenvalue weighted by Crippen LogP contribution is -2.30. The van der Waals surface area contributed by atoms with Crippen LogP contribution in [0, 0.1) is 17.2 Å². The molecule has 1 aromatic rings. The summed E-state index contributed by atoms with van der Waals surface area (Å²) in [6.45, 7) is 5.59. The smallest absolute Gasteiger partial charge is 0.242 e. The van der Waals surface area contributed by atoms with Crippen LogP contribution in [0.25, 0.3) is 0 Å². The molecule has 1 rings (SSSR count). The Morgan fingerprint density at radius 3 is 2.78 bits per heavy atom. The summed E-state index contributed by atoms with van der Waals surface area (Å²) in [5, 5.41) is 8.70. The molecule has 0 amide bonds. The topological polar surface area (TPSA) is 88.1 Å². The highest BCUT2D eigenvalue weighted by Crippen LogP contribution is 2.28. The van der Waals surface area contributed by atoms with Crippen molar-refractivity contribution in [2.75, 3.05) is 30.8 Å². The summed E-state index contributed by atoms with van der Waals surface area (Å²) in [6, 6.07) is 2.13. The van der Waals surface area contributed by atoms with Gasteiger partial charge in [-0.25, -0.2) is 4.98 Å². The molecule has 0 unspecified atom stereocenters. The minimum Gasteiger partial charge on any atom is -0.479 e. The van der Waals surface area contributed by atoms with Gasteiger partial charge in [0.15, 0.2) is 5.82 Å². The molecular formula is C12H19N5O. The first-order valence-electron chi connectivity index (χ1n) is 5.86. The quantitative estimate of drug-likeness (QED) is 0.820. The van der Waals surface area contributed by atoms with Crippen molar-refractivity contribution < 1.29 is 4.74 Å². The van der Waals surface area contributed by atoms with E-state index in [1.165, 1.54) is 13.4 Å². The van der Waals surface area contributed by atoms with Crippen LogP contribution in [0.1, 0.15) is 20.3 Å². The molecule has 1 aromatic heterocycles. The number of nitrogen functional groups attached to an aromatic ring is 1. The summed E-state index contributed by atoms with van der Waals surface area (Å²) in [6.07, 6.45) is 1.85. The Bertz CT molecular complexity index is 427. The minimum atomic E-state index is 0.366. The van der Waals surface area contributed by atoms with E-state index in [1.54, 1.807) is 0 Å². The van der Waals surface area contributed by atoms with Gasteiger partial charge in [0.1, 0.15) is 12.0 Å². The van der Waals surface area contributed by atoms with Gasteiger partial charge in [-0.05, 0) is 5.92 Å². The molecule has 6 heteroatoms. The van der Waals surface area contributed by atoms with Crippen LogP contribution < -0.4 is 15.4 Å². The molecule has 2 N–H and O–H groups in total. The minimum absolute atomic E-state index is 0.366. The molecule has 0 aliphatic heterocycles. The van der Waals surface area contributed by atoms with Crippen LogP contribution in [0.5, 0.6) is 5.88 Å². The zero-order valence-electron chi connectivity index (χ0n) is 11.1. The van der Waals surface area contributed by atoms with E-state index in [9.17, 15) is 0 Å². The van der Waals surface area contributed by atoms with Gasteiger partial charge in [-0.2, -0.15) is 10.2 Å². The molecule has 1 heterocycles. The third kappa shape index (κ3) is 3.48. The lowest BCUT2D eigenvalue weighted by molar-refractivity contribution is 0.399. The lowest BCUT2D eigenvalue weighted by atomic mass is 10.2. The number of nitrogens with zero attached hydrogens (tertiary/aromatic N) is 4. The standard InChI is InChI=1S/C12H19N5O/c1-9(2)7-17(6-4-5-13)11-10(14)12(18-3)16-8-15-11/h8-9H,4,6-7,14H2,1-3H3. The van der Waals surface area contributed by atoms with Crippen molar-refractivity contribution in [2.24, 2.45) is 5.92 Å². The van der Waals surface area contributed by atoms with Crippen LogP contribution in [-0.4, -0.2) is 30.2 Å². The van der Waals surface area contributed by atoms with Crippen molar-refractivity contribution in [2.45, 2.75) is 20.3 Å². The maximum atomic E-state index is 8.70. The number of ether oxygens (including phenoxy) is 1. The Kier molecular flexibility index (Phi) is 5.18. The van der Waals surface area contributed by atoms with Gasteiger partial charge in [0, 0.05) is 13.1 Å². The molecule has 0 atom stereocenters. The molecule has 0 radical (unpaired) electrons. The van der Waals surface area contributed by atoms with Crippen molar-refractivity contribution in [3.63, 3.8) is 0 Å². The zero-order valence-corrected chi connectivity index (χ0v) is 11.1. The fourth-order valence-corrected chi connectivity index (χ4v) is 1.69. The average molecular weight is 249 g/mol.